The van der Waals surface area contributed by atoms with Gasteiger partial charge < -0.3 is 18.6 Å². The molecule has 0 bridgehead atoms. The van der Waals surface area contributed by atoms with Crippen LogP contribution in [0, 0.1) is 0 Å². The number of carbonyl (C=O) groups excluding carboxylic acids is 2. The molecule has 0 spiro atoms. The Hall–Kier alpha value is -3.02. The van der Waals surface area contributed by atoms with Gasteiger partial charge in [-0.25, -0.2) is 0 Å². The van der Waals surface area contributed by atoms with E-state index in [0.29, 0.717) is 16.9 Å². The molecule has 0 amide bonds. The Bertz CT molecular complexity index is 1030. The van der Waals surface area contributed by atoms with Crippen molar-refractivity contribution in [1.82, 2.24) is 0 Å². The quantitative estimate of drug-likeness (QED) is 0.650. The summed E-state index contributed by atoms with van der Waals surface area (Å²) in [6, 6.07) is 11.1. The number of ether oxygens (including phenoxy) is 3. The number of esters is 2. The Kier molecular flexibility index (Phi) is 3.64. The van der Waals surface area contributed by atoms with Crippen LogP contribution < -0.4 is 4.74 Å². The van der Waals surface area contributed by atoms with Gasteiger partial charge in [-0.2, -0.15) is 0 Å². The molecule has 1 aliphatic rings. The number of methoxy groups -OCH3 is 1. The first-order valence-corrected chi connectivity index (χ1v) is 8.32. The second-order valence-corrected chi connectivity index (χ2v) is 6.56. The monoisotopic (exact) mass is 354 g/mol. The van der Waals surface area contributed by atoms with Gasteiger partial charge in [-0.1, -0.05) is 18.2 Å². The molecule has 2 atom stereocenters. The van der Waals surface area contributed by atoms with E-state index in [2.05, 4.69) is 0 Å². The van der Waals surface area contributed by atoms with Crippen LogP contribution in [0.25, 0.3) is 21.9 Å². The summed E-state index contributed by atoms with van der Waals surface area (Å²) in [6.45, 7) is 2.95. The van der Waals surface area contributed by atoms with Gasteiger partial charge in [-0.05, 0) is 18.2 Å². The third-order valence-electron chi connectivity index (χ3n) is 4.64. The van der Waals surface area contributed by atoms with Crippen LogP contribution in [0.2, 0.25) is 0 Å². The predicted octanol–water partition coefficient (Wildman–Crippen LogP) is 3.90. The Balaban J connectivity index is 1.99. The van der Waals surface area contributed by atoms with E-state index in [1.165, 1.54) is 14.0 Å². The van der Waals surface area contributed by atoms with E-state index in [0.717, 1.165) is 16.4 Å². The van der Waals surface area contributed by atoms with Gasteiger partial charge in [0.05, 0.1) is 13.0 Å². The molecule has 2 aromatic carbocycles. The molecule has 0 N–H and O–H groups in total. The highest BCUT2D eigenvalue weighted by Gasteiger charge is 2.44. The second-order valence-electron chi connectivity index (χ2n) is 6.56. The van der Waals surface area contributed by atoms with Crippen molar-refractivity contribution in [3.05, 3.63) is 42.0 Å². The molecule has 1 aliphatic heterocycles. The molecule has 6 nitrogen and oxygen atoms in total. The summed E-state index contributed by atoms with van der Waals surface area (Å²) in [5.41, 5.74) is 2.09. The lowest BCUT2D eigenvalue weighted by Gasteiger charge is -2.38. The molecule has 6 heteroatoms. The number of carbonyl (C=O) groups is 2. The number of para-hydroxylation sites is 1. The summed E-state index contributed by atoms with van der Waals surface area (Å²) in [5, 5.41) is 1.71. The maximum Gasteiger partial charge on any atom is 0.313 e. The molecule has 0 aliphatic carbocycles. The Morgan fingerprint density at radius 2 is 1.92 bits per heavy atom. The smallest absolute Gasteiger partial charge is 0.313 e. The lowest BCUT2D eigenvalue weighted by Crippen LogP contribution is -2.43. The van der Waals surface area contributed by atoms with Gasteiger partial charge in [0.2, 0.25) is 0 Å². The molecule has 0 saturated carbocycles. The molecule has 26 heavy (non-hydrogen) atoms. The second kappa shape index (κ2) is 5.76. The molecule has 1 aromatic heterocycles. The first-order valence-electron chi connectivity index (χ1n) is 8.32. The van der Waals surface area contributed by atoms with Crippen molar-refractivity contribution in [3.8, 4) is 5.75 Å². The van der Waals surface area contributed by atoms with Crippen LogP contribution in [-0.4, -0.2) is 24.8 Å². The van der Waals surface area contributed by atoms with E-state index < -0.39 is 23.6 Å². The van der Waals surface area contributed by atoms with E-state index in [-0.39, 0.29) is 6.42 Å². The highest BCUT2D eigenvalue weighted by atomic mass is 16.7. The molecule has 0 fully saturated rings. The van der Waals surface area contributed by atoms with Crippen molar-refractivity contribution in [2.45, 2.75) is 32.0 Å². The number of fused-ring (bicyclic) bond motifs is 5. The number of rotatable bonds is 2. The van der Waals surface area contributed by atoms with Crippen LogP contribution in [-0.2, 0) is 19.1 Å². The number of benzene rings is 2. The molecule has 0 radical (unpaired) electrons. The molecular weight excluding hydrogens is 336 g/mol. The molecule has 2 heterocycles. The SMILES string of the molecule is COC(=O)C1CC(C)(OC(C)=O)Oc2ccc3oc4ccccc4c3c21. The van der Waals surface area contributed by atoms with Crippen molar-refractivity contribution in [1.29, 1.82) is 0 Å². The summed E-state index contributed by atoms with van der Waals surface area (Å²) in [5.74, 6) is -2.29. The van der Waals surface area contributed by atoms with Gasteiger partial charge in [0.1, 0.15) is 16.9 Å². The van der Waals surface area contributed by atoms with Crippen LogP contribution in [0.3, 0.4) is 0 Å². The fraction of sp³-hybridized carbons (Fsp3) is 0.300. The van der Waals surface area contributed by atoms with E-state index in [9.17, 15) is 9.59 Å². The van der Waals surface area contributed by atoms with Crippen molar-refractivity contribution in [2.24, 2.45) is 0 Å². The Labute approximate surface area is 149 Å². The highest BCUT2D eigenvalue weighted by molar-refractivity contribution is 6.09. The Morgan fingerprint density at radius 3 is 2.65 bits per heavy atom. The first-order chi connectivity index (χ1) is 12.4. The average Bonchev–Trinajstić information content (AvgIpc) is 2.97. The van der Waals surface area contributed by atoms with E-state index in [1.54, 1.807) is 19.1 Å². The van der Waals surface area contributed by atoms with Crippen LogP contribution in [0.4, 0.5) is 0 Å². The molecule has 3 aromatic rings. The lowest BCUT2D eigenvalue weighted by molar-refractivity contribution is -0.199. The average molecular weight is 354 g/mol. The summed E-state index contributed by atoms with van der Waals surface area (Å²) in [4.78, 5) is 24.0. The standard InChI is InChI=1S/C20H18O6/c1-11(21)25-20(2)10-13(19(22)23-3)18-16(26-20)9-8-15-17(18)12-6-4-5-7-14(12)24-15/h4-9,13H,10H2,1-3H3. The van der Waals surface area contributed by atoms with Gasteiger partial charge >= 0.3 is 11.9 Å². The third kappa shape index (κ3) is 2.49. The normalized spacial score (nSPS) is 21.9. The zero-order valence-corrected chi connectivity index (χ0v) is 14.7. The zero-order chi connectivity index (χ0) is 18.5. The predicted molar refractivity (Wildman–Crippen MR) is 93.9 cm³/mol. The summed E-state index contributed by atoms with van der Waals surface area (Å²) in [7, 11) is 1.34. The van der Waals surface area contributed by atoms with E-state index in [4.69, 9.17) is 18.6 Å². The van der Waals surface area contributed by atoms with Gasteiger partial charge in [-0.15, -0.1) is 0 Å². The van der Waals surface area contributed by atoms with Gasteiger partial charge in [0.15, 0.2) is 0 Å². The summed E-state index contributed by atoms with van der Waals surface area (Å²) >= 11 is 0. The Morgan fingerprint density at radius 1 is 1.15 bits per heavy atom. The first kappa shape index (κ1) is 16.4. The topological polar surface area (TPSA) is 75.0 Å². The number of hydrogen-bond acceptors (Lipinski definition) is 6. The fourth-order valence-corrected chi connectivity index (χ4v) is 3.72. The van der Waals surface area contributed by atoms with E-state index >= 15 is 0 Å². The van der Waals surface area contributed by atoms with Crippen LogP contribution in [0.15, 0.2) is 40.8 Å². The van der Waals surface area contributed by atoms with Gasteiger partial charge in [0.25, 0.3) is 5.79 Å². The summed E-state index contributed by atoms with van der Waals surface area (Å²) < 4.78 is 22.3. The number of furan rings is 1. The maximum absolute atomic E-state index is 12.6. The van der Waals surface area contributed by atoms with Crippen molar-refractivity contribution < 1.29 is 28.2 Å². The van der Waals surface area contributed by atoms with Crippen molar-refractivity contribution in [3.63, 3.8) is 0 Å². The minimum atomic E-state index is -1.25. The van der Waals surface area contributed by atoms with Crippen LogP contribution >= 0.6 is 0 Å². The minimum Gasteiger partial charge on any atom is -0.469 e. The van der Waals surface area contributed by atoms with Crippen molar-refractivity contribution in [2.75, 3.05) is 7.11 Å². The van der Waals surface area contributed by atoms with E-state index in [1.807, 2.05) is 24.3 Å². The fourth-order valence-electron chi connectivity index (χ4n) is 3.72. The minimum absolute atomic E-state index is 0.158. The molecule has 2 unspecified atom stereocenters. The summed E-state index contributed by atoms with van der Waals surface area (Å²) in [6.07, 6.45) is 0.158. The van der Waals surface area contributed by atoms with Gasteiger partial charge in [0, 0.05) is 36.6 Å². The molecular formula is C20H18O6. The maximum atomic E-state index is 12.6. The number of hydrogen-bond donors (Lipinski definition) is 0. The molecule has 134 valence electrons. The molecule has 4 rings (SSSR count). The van der Waals surface area contributed by atoms with Crippen molar-refractivity contribution >= 4 is 33.9 Å². The zero-order valence-electron chi connectivity index (χ0n) is 14.7. The third-order valence-corrected chi connectivity index (χ3v) is 4.64. The highest BCUT2D eigenvalue weighted by Crippen LogP contribution is 2.47. The largest absolute Gasteiger partial charge is 0.469 e. The lowest BCUT2D eigenvalue weighted by atomic mass is 9.85. The van der Waals surface area contributed by atoms with Crippen LogP contribution in [0.5, 0.6) is 5.75 Å². The van der Waals surface area contributed by atoms with Crippen LogP contribution in [0.1, 0.15) is 31.7 Å². The molecule has 0 saturated heterocycles. The van der Waals surface area contributed by atoms with Gasteiger partial charge in [-0.3, -0.25) is 9.59 Å².